The topological polar surface area (TPSA) is 79.1 Å². The Morgan fingerprint density at radius 2 is 1.89 bits per heavy atom. The van der Waals surface area contributed by atoms with Crippen LogP contribution in [0.25, 0.3) is 11.4 Å². The molecule has 0 aliphatic rings. The second-order valence-corrected chi connectivity index (χ2v) is 7.19. The number of aromatic nitrogens is 4. The van der Waals surface area contributed by atoms with Gasteiger partial charge in [-0.25, -0.2) is 9.78 Å². The average Bonchev–Trinajstić information content (AvgIpc) is 3.12. The standard InChI is InChI=1S/C20H22N4O3S/c1-5-27-19(25)15-8-11-17(21-12-15)28-20-23-22-18(24(20)13(2)3)14-6-9-16(26-4)10-7-14/h6-13H,5H2,1-4H3. The second kappa shape index (κ2) is 8.88. The van der Waals surface area contributed by atoms with Crippen molar-refractivity contribution >= 4 is 17.7 Å². The van der Waals surface area contributed by atoms with Gasteiger partial charge in [-0.15, -0.1) is 10.2 Å². The quantitative estimate of drug-likeness (QED) is 0.550. The molecule has 0 aliphatic carbocycles. The number of hydrogen-bond acceptors (Lipinski definition) is 7. The van der Waals surface area contributed by atoms with Crippen LogP contribution in [-0.4, -0.2) is 39.4 Å². The van der Waals surface area contributed by atoms with Gasteiger partial charge in [0.15, 0.2) is 11.0 Å². The fourth-order valence-electron chi connectivity index (χ4n) is 2.62. The van der Waals surface area contributed by atoms with Gasteiger partial charge in [-0.3, -0.25) is 4.57 Å². The minimum absolute atomic E-state index is 0.161. The molecular formula is C20H22N4O3S. The van der Waals surface area contributed by atoms with Gasteiger partial charge >= 0.3 is 5.97 Å². The van der Waals surface area contributed by atoms with Crippen LogP contribution < -0.4 is 4.74 Å². The molecule has 0 atom stereocenters. The van der Waals surface area contributed by atoms with E-state index in [4.69, 9.17) is 9.47 Å². The number of pyridine rings is 1. The van der Waals surface area contributed by atoms with E-state index in [1.807, 2.05) is 24.3 Å². The fourth-order valence-corrected chi connectivity index (χ4v) is 3.52. The number of esters is 1. The van der Waals surface area contributed by atoms with Crippen LogP contribution in [0.1, 0.15) is 37.2 Å². The lowest BCUT2D eigenvalue weighted by molar-refractivity contribution is 0.0525. The van der Waals surface area contributed by atoms with E-state index in [1.165, 1.54) is 18.0 Å². The van der Waals surface area contributed by atoms with Crippen LogP contribution >= 0.6 is 11.8 Å². The molecule has 0 fully saturated rings. The van der Waals surface area contributed by atoms with E-state index in [0.717, 1.165) is 27.3 Å². The largest absolute Gasteiger partial charge is 0.497 e. The first-order chi connectivity index (χ1) is 13.5. The van der Waals surface area contributed by atoms with E-state index in [9.17, 15) is 4.79 Å². The molecule has 0 saturated heterocycles. The summed E-state index contributed by atoms with van der Waals surface area (Å²) in [4.78, 5) is 16.1. The van der Waals surface area contributed by atoms with Crippen molar-refractivity contribution in [2.24, 2.45) is 0 Å². The average molecular weight is 398 g/mol. The molecule has 3 aromatic rings. The third-order valence-corrected chi connectivity index (χ3v) is 4.88. The minimum Gasteiger partial charge on any atom is -0.497 e. The maximum Gasteiger partial charge on any atom is 0.339 e. The van der Waals surface area contributed by atoms with E-state index in [-0.39, 0.29) is 12.0 Å². The first-order valence-electron chi connectivity index (χ1n) is 8.93. The summed E-state index contributed by atoms with van der Waals surface area (Å²) in [7, 11) is 1.64. The molecule has 146 valence electrons. The van der Waals surface area contributed by atoms with Gasteiger partial charge in [-0.05, 0) is 68.9 Å². The predicted octanol–water partition coefficient (Wildman–Crippen LogP) is 4.26. The van der Waals surface area contributed by atoms with Gasteiger partial charge in [0.1, 0.15) is 10.8 Å². The van der Waals surface area contributed by atoms with Crippen LogP contribution in [0, 0.1) is 0 Å². The molecule has 28 heavy (non-hydrogen) atoms. The summed E-state index contributed by atoms with van der Waals surface area (Å²) in [6, 6.07) is 11.4. The van der Waals surface area contributed by atoms with Crippen LogP contribution in [0.4, 0.5) is 0 Å². The predicted molar refractivity (Wildman–Crippen MR) is 107 cm³/mol. The Labute approximate surface area is 168 Å². The van der Waals surface area contributed by atoms with Crippen LogP contribution in [-0.2, 0) is 4.74 Å². The van der Waals surface area contributed by atoms with E-state index < -0.39 is 0 Å². The molecule has 2 aromatic heterocycles. The highest BCUT2D eigenvalue weighted by Gasteiger charge is 2.18. The number of carbonyl (C=O) groups is 1. The van der Waals surface area contributed by atoms with Crippen LogP contribution in [0.15, 0.2) is 52.8 Å². The Balaban J connectivity index is 1.86. The molecule has 0 bridgehead atoms. The Bertz CT molecular complexity index is 937. The second-order valence-electron chi connectivity index (χ2n) is 6.21. The zero-order valence-corrected chi connectivity index (χ0v) is 17.1. The molecule has 3 rings (SSSR count). The summed E-state index contributed by atoms with van der Waals surface area (Å²) in [5.74, 6) is 1.20. The molecule has 0 N–H and O–H groups in total. The highest BCUT2D eigenvalue weighted by atomic mass is 32.2. The third kappa shape index (κ3) is 4.33. The molecule has 0 spiro atoms. The smallest absolute Gasteiger partial charge is 0.339 e. The van der Waals surface area contributed by atoms with Crippen molar-refractivity contribution in [1.29, 1.82) is 0 Å². The van der Waals surface area contributed by atoms with E-state index >= 15 is 0 Å². The zero-order chi connectivity index (χ0) is 20.1. The van der Waals surface area contributed by atoms with Crippen molar-refractivity contribution in [3.8, 4) is 17.1 Å². The lowest BCUT2D eigenvalue weighted by atomic mass is 10.2. The molecular weight excluding hydrogens is 376 g/mol. The molecule has 7 nitrogen and oxygen atoms in total. The fraction of sp³-hybridized carbons (Fsp3) is 0.300. The van der Waals surface area contributed by atoms with Gasteiger partial charge in [0, 0.05) is 17.8 Å². The molecule has 2 heterocycles. The highest BCUT2D eigenvalue weighted by Crippen LogP contribution is 2.31. The van der Waals surface area contributed by atoms with Crippen molar-refractivity contribution in [3.05, 3.63) is 48.2 Å². The SMILES string of the molecule is CCOC(=O)c1ccc(Sc2nnc(-c3ccc(OC)cc3)n2C(C)C)nc1. The molecule has 1 aromatic carbocycles. The maximum atomic E-state index is 11.8. The van der Waals surface area contributed by atoms with Crippen molar-refractivity contribution in [2.75, 3.05) is 13.7 Å². The zero-order valence-electron chi connectivity index (χ0n) is 16.2. The number of methoxy groups -OCH3 is 1. The number of hydrogen-bond donors (Lipinski definition) is 0. The third-order valence-electron chi connectivity index (χ3n) is 3.97. The summed E-state index contributed by atoms with van der Waals surface area (Å²) in [5, 5.41) is 10.2. The Kier molecular flexibility index (Phi) is 6.30. The molecule has 8 heteroatoms. The van der Waals surface area contributed by atoms with Crippen LogP contribution in [0.2, 0.25) is 0 Å². The van der Waals surface area contributed by atoms with Crippen molar-refractivity contribution in [1.82, 2.24) is 19.7 Å². The van der Waals surface area contributed by atoms with Crippen LogP contribution in [0.3, 0.4) is 0 Å². The highest BCUT2D eigenvalue weighted by molar-refractivity contribution is 7.99. The number of nitrogens with zero attached hydrogens (tertiary/aromatic N) is 4. The number of benzene rings is 1. The summed E-state index contributed by atoms with van der Waals surface area (Å²) >= 11 is 1.40. The lowest BCUT2D eigenvalue weighted by Crippen LogP contribution is -2.06. The molecule has 0 aliphatic heterocycles. The van der Waals surface area contributed by atoms with Gasteiger partial charge in [0.2, 0.25) is 0 Å². The molecule has 0 saturated carbocycles. The normalized spacial score (nSPS) is 10.9. The monoisotopic (exact) mass is 398 g/mol. The van der Waals surface area contributed by atoms with Crippen molar-refractivity contribution in [3.63, 3.8) is 0 Å². The first kappa shape index (κ1) is 19.9. The molecule has 0 amide bonds. The van der Waals surface area contributed by atoms with Gasteiger partial charge in [-0.2, -0.15) is 0 Å². The molecule has 0 unspecified atom stereocenters. The minimum atomic E-state index is -0.376. The van der Waals surface area contributed by atoms with Gasteiger partial charge in [0.25, 0.3) is 0 Å². The maximum absolute atomic E-state index is 11.8. The van der Waals surface area contributed by atoms with E-state index in [2.05, 4.69) is 33.6 Å². The molecule has 0 radical (unpaired) electrons. The number of rotatable bonds is 7. The summed E-state index contributed by atoms with van der Waals surface area (Å²) < 4.78 is 12.3. The van der Waals surface area contributed by atoms with Crippen molar-refractivity contribution < 1.29 is 14.3 Å². The van der Waals surface area contributed by atoms with Crippen molar-refractivity contribution in [2.45, 2.75) is 37.0 Å². The number of carbonyl (C=O) groups excluding carboxylic acids is 1. The van der Waals surface area contributed by atoms with Crippen LogP contribution in [0.5, 0.6) is 5.75 Å². The summed E-state index contributed by atoms with van der Waals surface area (Å²) in [5.41, 5.74) is 1.38. The van der Waals surface area contributed by atoms with E-state index in [1.54, 1.807) is 26.2 Å². The van der Waals surface area contributed by atoms with Gasteiger partial charge in [-0.1, -0.05) is 0 Å². The summed E-state index contributed by atoms with van der Waals surface area (Å²) in [6.07, 6.45) is 1.51. The Hall–Kier alpha value is -2.87. The van der Waals surface area contributed by atoms with Gasteiger partial charge in [0.05, 0.1) is 19.3 Å². The lowest BCUT2D eigenvalue weighted by Gasteiger charge is -2.13. The van der Waals surface area contributed by atoms with Gasteiger partial charge < -0.3 is 9.47 Å². The Morgan fingerprint density at radius 3 is 2.46 bits per heavy atom. The summed E-state index contributed by atoms with van der Waals surface area (Å²) in [6.45, 7) is 6.27. The first-order valence-corrected chi connectivity index (χ1v) is 9.75. The van der Waals surface area contributed by atoms with E-state index in [0.29, 0.717) is 12.2 Å². The Morgan fingerprint density at radius 1 is 1.14 bits per heavy atom. The number of ether oxygens (including phenoxy) is 2.